The average Bonchev–Trinajstić information content (AvgIpc) is 3.56. The van der Waals surface area contributed by atoms with Crippen LogP contribution in [0.15, 0.2) is 24.3 Å². The molecule has 1 heterocycles. The minimum absolute atomic E-state index is 0. The van der Waals surface area contributed by atoms with Gasteiger partial charge in [0.1, 0.15) is 34.9 Å². The molecule has 4 nitrogen and oxygen atoms in total. The Labute approximate surface area is 392 Å². The van der Waals surface area contributed by atoms with E-state index in [1.807, 2.05) is 0 Å². The third-order valence-electron chi connectivity index (χ3n) is 10.8. The molecule has 0 bridgehead atoms. The van der Waals surface area contributed by atoms with Crippen molar-refractivity contribution in [2.24, 2.45) is 0 Å². The SMILES string of the molecule is CC(C)(C)P(CN1[B]N(CP(C(C)(C)C)C(C)(C)C)c2ccccc21)C(C)(C)C.[Ni].[OH+]=CO[B-](c1c(F)c(F)c(F)c(F)c1F)(c1c(F)c(F)c(F)c(F)c1F)c1c(F)c(F)c(F)c(F)c1F. The number of rotatable bonds is 9. The number of hydrogen-bond acceptors (Lipinski definition) is 3. The van der Waals surface area contributed by atoms with Crippen LogP contribution in [0.5, 0.6) is 0 Å². The van der Waals surface area contributed by atoms with Gasteiger partial charge >= 0.3 is 20.4 Å². The van der Waals surface area contributed by atoms with E-state index in [2.05, 4.69) is 129 Å². The van der Waals surface area contributed by atoms with E-state index < -0.39 is 116 Å². The van der Waals surface area contributed by atoms with Crippen molar-refractivity contribution in [2.75, 3.05) is 22.2 Å². The minimum Gasteiger partial charge on any atom is -0.567 e. The zero-order valence-electron chi connectivity index (χ0n) is 38.1. The molecule has 1 radical (unpaired) electrons. The van der Waals surface area contributed by atoms with Gasteiger partial charge in [0.25, 0.3) is 0 Å². The van der Waals surface area contributed by atoms with Gasteiger partial charge in [-0.05, 0) is 49.1 Å². The van der Waals surface area contributed by atoms with Crippen LogP contribution in [0.3, 0.4) is 0 Å². The largest absolute Gasteiger partial charge is 0.567 e. The minimum atomic E-state index is -6.21. The normalized spacial score (nSPS) is 13.4. The molecule has 0 saturated carbocycles. The zero-order valence-corrected chi connectivity index (χ0v) is 40.9. The van der Waals surface area contributed by atoms with Crippen molar-refractivity contribution in [3.63, 3.8) is 0 Å². The van der Waals surface area contributed by atoms with Gasteiger partial charge in [0.15, 0.2) is 52.4 Å². The number of nitrogens with zero attached hydrogens (tertiary/aromatic N) is 2. The van der Waals surface area contributed by atoms with E-state index in [9.17, 15) is 65.9 Å². The molecule has 67 heavy (non-hydrogen) atoms. The first kappa shape index (κ1) is 57.7. The second-order valence-electron chi connectivity index (χ2n) is 19.3. The van der Waals surface area contributed by atoms with Gasteiger partial charge in [-0.2, -0.15) is 0 Å². The molecule has 0 spiro atoms. The van der Waals surface area contributed by atoms with Crippen molar-refractivity contribution >= 4 is 64.0 Å². The van der Waals surface area contributed by atoms with Gasteiger partial charge < -0.3 is 19.1 Å². The molecular weight excluding hydrogens is 1000 g/mol. The summed E-state index contributed by atoms with van der Waals surface area (Å²) in [6.45, 7) is 28.0. The van der Waals surface area contributed by atoms with E-state index in [0.29, 0.717) is 20.6 Å². The van der Waals surface area contributed by atoms with Crippen molar-refractivity contribution in [2.45, 2.75) is 104 Å². The van der Waals surface area contributed by atoms with Gasteiger partial charge in [0, 0.05) is 40.4 Å². The van der Waals surface area contributed by atoms with E-state index in [0.717, 1.165) is 12.6 Å². The fourth-order valence-corrected chi connectivity index (χ4v) is 15.1. The smallest absolute Gasteiger partial charge is 0.413 e. The molecule has 0 fully saturated rings. The Balaban J connectivity index is 0.000000360. The molecule has 0 unspecified atom stereocenters. The second-order valence-corrected chi connectivity index (χ2v) is 27.0. The Morgan fingerprint density at radius 3 is 0.851 bits per heavy atom. The molecule has 1 N–H and O–H groups in total. The summed E-state index contributed by atoms with van der Waals surface area (Å²) in [7, 11) is 2.04. The van der Waals surface area contributed by atoms with Crippen molar-refractivity contribution in [3.8, 4) is 0 Å². The third-order valence-corrected chi connectivity index (χ3v) is 18.5. The van der Waals surface area contributed by atoms with Crippen LogP contribution < -0.4 is 26.0 Å². The van der Waals surface area contributed by atoms with Gasteiger partial charge in [-0.25, -0.2) is 65.9 Å². The van der Waals surface area contributed by atoms with Gasteiger partial charge in [-0.1, -0.05) is 111 Å². The summed E-state index contributed by atoms with van der Waals surface area (Å²) in [5.74, 6) is -47.7. The van der Waals surface area contributed by atoms with Crippen LogP contribution in [-0.2, 0) is 21.1 Å². The molecular formula is C43H46B2F15N2NiO2P2. The van der Waals surface area contributed by atoms with Crippen LogP contribution in [0.4, 0.5) is 77.2 Å². The predicted octanol–water partition coefficient (Wildman–Crippen LogP) is 11.8. The van der Waals surface area contributed by atoms with E-state index in [4.69, 9.17) is 4.79 Å². The molecule has 5 rings (SSSR count). The quantitative estimate of drug-likeness (QED) is 0.0319. The van der Waals surface area contributed by atoms with E-state index >= 15 is 0 Å². The Hall–Kier alpha value is -3.62. The van der Waals surface area contributed by atoms with Crippen LogP contribution in [0, 0.1) is 87.3 Å². The molecule has 371 valence electrons. The maximum absolute atomic E-state index is 14.8. The molecule has 0 saturated heterocycles. The molecule has 0 amide bonds. The molecule has 0 atom stereocenters. The number of para-hydroxylation sites is 2. The van der Waals surface area contributed by atoms with Crippen LogP contribution >= 0.6 is 15.8 Å². The molecule has 24 heteroatoms. The van der Waals surface area contributed by atoms with E-state index in [1.165, 1.54) is 11.4 Å². The fourth-order valence-electron chi connectivity index (χ4n) is 8.30. The fraction of sp³-hybridized carbons (Fsp3) is 0.419. The number of halogens is 15. The standard InChI is InChI=1S/C24H44BN2P2.C19HBF15O2.Ni/c1-21(2,3)28(22(4,5)6)17-26-19-15-13-14-16-20(19)27(25-26)18-29(23(7,8)9)24(10,11)12;21-5-2(6(22)12(28)17(33)11(5)27)20(37-1-36,3-7(23)13(29)18(34)14(30)8(3)24)4-9(25)15(31)19(35)16(32)10(4)26;/h13-16H,17-18H2,1-12H3;1H;/q;-1;/p+1. The number of fused-ring (bicyclic) bond motifs is 1. The molecule has 1 aliphatic heterocycles. The molecule has 0 aromatic heterocycles. The number of hydrogen-bond donors (Lipinski definition) is 0. The van der Waals surface area contributed by atoms with Crippen LogP contribution in [0.1, 0.15) is 83.1 Å². The first-order valence-corrected chi connectivity index (χ1v) is 22.9. The Kier molecular flexibility index (Phi) is 17.6. The maximum atomic E-state index is 14.8. The van der Waals surface area contributed by atoms with Crippen LogP contribution in [-0.4, -0.2) is 58.4 Å². The summed E-state index contributed by atoms with van der Waals surface area (Å²) in [5, 5.41) is 1.31. The van der Waals surface area contributed by atoms with Crippen LogP contribution in [0.25, 0.3) is 0 Å². The number of benzene rings is 4. The Morgan fingerprint density at radius 1 is 0.448 bits per heavy atom. The molecule has 0 aliphatic carbocycles. The van der Waals surface area contributed by atoms with Crippen LogP contribution in [0.2, 0.25) is 0 Å². The molecule has 4 aromatic carbocycles. The van der Waals surface area contributed by atoms with E-state index in [-0.39, 0.29) is 32.3 Å². The van der Waals surface area contributed by atoms with Crippen molar-refractivity contribution in [3.05, 3.63) is 112 Å². The molecule has 1 aliphatic rings. The monoisotopic (exact) mass is 1050 g/mol. The first-order valence-electron chi connectivity index (χ1n) is 19.9. The first-order chi connectivity index (χ1) is 30.0. The van der Waals surface area contributed by atoms with Gasteiger partial charge in [0.05, 0.1) is 0 Å². The maximum Gasteiger partial charge on any atom is 0.413 e. The zero-order chi connectivity index (χ0) is 50.7. The summed E-state index contributed by atoms with van der Waals surface area (Å²) in [5.41, 5.74) is -6.22. The second kappa shape index (κ2) is 20.4. The van der Waals surface area contributed by atoms with E-state index in [1.54, 1.807) is 0 Å². The predicted molar refractivity (Wildman–Crippen MR) is 232 cm³/mol. The van der Waals surface area contributed by atoms with Crippen molar-refractivity contribution in [1.82, 2.24) is 0 Å². The summed E-state index contributed by atoms with van der Waals surface area (Å²) in [4.78, 5) is 14.2. The van der Waals surface area contributed by atoms with Gasteiger partial charge in [0.2, 0.25) is 0 Å². The Bertz CT molecular complexity index is 2190. The topological polar surface area (TPSA) is 37.1 Å². The summed E-state index contributed by atoms with van der Waals surface area (Å²) < 4.78 is 217. The van der Waals surface area contributed by atoms with Gasteiger partial charge in [-0.15, -0.1) is 0 Å². The molecule has 4 aromatic rings. The number of anilines is 2. The summed E-state index contributed by atoms with van der Waals surface area (Å²) in [6.07, 6.45) is -3.96. The number of carbonyl (C=O) groups excluding carboxylic acids is 1. The third kappa shape index (κ3) is 10.8. The van der Waals surface area contributed by atoms with Crippen molar-refractivity contribution in [1.29, 1.82) is 0 Å². The van der Waals surface area contributed by atoms with Gasteiger partial charge in [-0.3, -0.25) is 0 Å². The average molecular weight is 1050 g/mol. The van der Waals surface area contributed by atoms with Crippen molar-refractivity contribution < 1.29 is 91.8 Å². The summed E-state index contributed by atoms with van der Waals surface area (Å²) in [6, 6.07) is 8.99. The summed E-state index contributed by atoms with van der Waals surface area (Å²) >= 11 is 0. The Morgan fingerprint density at radius 2 is 0.657 bits per heavy atom.